The first-order valence-corrected chi connectivity index (χ1v) is 5.90. The molecule has 0 spiro atoms. The molecule has 0 heterocycles. The predicted molar refractivity (Wildman–Crippen MR) is 61.9 cm³/mol. The predicted octanol–water partition coefficient (Wildman–Crippen LogP) is 4.00. The van der Waals surface area contributed by atoms with E-state index in [1.165, 1.54) is 12.1 Å². The quantitative estimate of drug-likeness (QED) is 0.741. The van der Waals surface area contributed by atoms with Crippen molar-refractivity contribution in [2.24, 2.45) is 0 Å². The van der Waals surface area contributed by atoms with E-state index in [0.717, 1.165) is 10.9 Å². The molecular formula is C10H9Br2F. The molecule has 0 aliphatic carbocycles. The molecule has 0 radical (unpaired) electrons. The van der Waals surface area contributed by atoms with Gasteiger partial charge < -0.3 is 0 Å². The highest BCUT2D eigenvalue weighted by molar-refractivity contribution is 9.12. The van der Waals surface area contributed by atoms with Gasteiger partial charge in [0.1, 0.15) is 5.82 Å². The Balaban J connectivity index is 2.68. The van der Waals surface area contributed by atoms with E-state index in [2.05, 4.69) is 31.9 Å². The second-order valence-electron chi connectivity index (χ2n) is 2.58. The van der Waals surface area contributed by atoms with Gasteiger partial charge in [-0.1, -0.05) is 56.1 Å². The van der Waals surface area contributed by atoms with Gasteiger partial charge in [0.2, 0.25) is 0 Å². The Hall–Kier alpha value is -0.150. The van der Waals surface area contributed by atoms with Crippen molar-refractivity contribution < 1.29 is 4.39 Å². The average Bonchev–Trinajstić information content (AvgIpc) is 2.14. The Kier molecular flexibility index (Phi) is 4.67. The maximum Gasteiger partial charge on any atom is 0.123 e. The Labute approximate surface area is 94.1 Å². The summed E-state index contributed by atoms with van der Waals surface area (Å²) in [5, 5.41) is 0.846. The molecule has 1 rings (SSSR count). The van der Waals surface area contributed by atoms with E-state index in [-0.39, 0.29) is 10.6 Å². The number of hydrogen-bond donors (Lipinski definition) is 0. The highest BCUT2D eigenvalue weighted by Gasteiger charge is 1.95. The van der Waals surface area contributed by atoms with Crippen molar-refractivity contribution in [3.8, 4) is 0 Å². The fourth-order valence-corrected chi connectivity index (χ4v) is 1.25. The van der Waals surface area contributed by atoms with E-state index in [9.17, 15) is 4.39 Å². The average molecular weight is 308 g/mol. The molecule has 0 bridgehead atoms. The lowest BCUT2D eigenvalue weighted by molar-refractivity contribution is 0.627. The third kappa shape index (κ3) is 4.05. The number of rotatable bonds is 3. The second-order valence-corrected chi connectivity index (χ2v) is 4.41. The molecule has 0 aliphatic rings. The van der Waals surface area contributed by atoms with Gasteiger partial charge >= 0.3 is 0 Å². The van der Waals surface area contributed by atoms with Crippen molar-refractivity contribution in [1.29, 1.82) is 0 Å². The van der Waals surface area contributed by atoms with Crippen LogP contribution in [0.2, 0.25) is 0 Å². The largest absolute Gasteiger partial charge is 0.207 e. The highest BCUT2D eigenvalue weighted by atomic mass is 79.9. The maximum absolute atomic E-state index is 12.7. The van der Waals surface area contributed by atoms with Crippen LogP contribution in [0.25, 0.3) is 6.08 Å². The molecule has 0 fully saturated rings. The summed E-state index contributed by atoms with van der Waals surface area (Å²) in [6, 6.07) is 6.51. The van der Waals surface area contributed by atoms with Crippen LogP contribution >= 0.6 is 31.9 Å². The molecule has 0 aliphatic heterocycles. The first-order valence-electron chi connectivity index (χ1n) is 3.86. The molecular weight excluding hydrogens is 299 g/mol. The summed E-state index contributed by atoms with van der Waals surface area (Å²) in [5.41, 5.74) is 0.880. The minimum absolute atomic E-state index is 0.202. The van der Waals surface area contributed by atoms with Gasteiger partial charge in [0.05, 0.1) is 0 Å². The van der Waals surface area contributed by atoms with Crippen molar-refractivity contribution in [2.75, 3.05) is 5.33 Å². The molecule has 0 saturated heterocycles. The van der Waals surface area contributed by atoms with E-state index >= 15 is 0 Å². The van der Waals surface area contributed by atoms with Crippen molar-refractivity contribution >= 4 is 37.9 Å². The van der Waals surface area contributed by atoms with Crippen LogP contribution in [0.15, 0.2) is 30.3 Å². The summed E-state index contributed by atoms with van der Waals surface area (Å²) >= 11 is 6.76. The number of hydrogen-bond acceptors (Lipinski definition) is 0. The third-order valence-electron chi connectivity index (χ3n) is 1.49. The molecule has 0 amide bonds. The Morgan fingerprint density at radius 3 is 2.85 bits per heavy atom. The minimum Gasteiger partial charge on any atom is -0.207 e. The van der Waals surface area contributed by atoms with E-state index in [4.69, 9.17) is 0 Å². The van der Waals surface area contributed by atoms with Crippen LogP contribution in [0.1, 0.15) is 5.56 Å². The minimum atomic E-state index is -0.202. The van der Waals surface area contributed by atoms with E-state index < -0.39 is 0 Å². The van der Waals surface area contributed by atoms with Gasteiger partial charge in [-0.05, 0) is 17.7 Å². The van der Waals surface area contributed by atoms with Crippen LogP contribution in [-0.4, -0.2) is 10.2 Å². The Bertz CT molecular complexity index is 297. The standard InChI is InChI=1S/C10H9Br2F/c11-7-9(12)5-4-8-2-1-3-10(13)6-8/h1-6,9H,7H2. The first-order chi connectivity index (χ1) is 6.22. The van der Waals surface area contributed by atoms with Crippen LogP contribution in [0, 0.1) is 5.82 Å². The van der Waals surface area contributed by atoms with Crippen molar-refractivity contribution in [2.45, 2.75) is 4.83 Å². The number of halogens is 3. The van der Waals surface area contributed by atoms with Crippen molar-refractivity contribution in [3.63, 3.8) is 0 Å². The lowest BCUT2D eigenvalue weighted by atomic mass is 10.2. The monoisotopic (exact) mass is 306 g/mol. The molecule has 13 heavy (non-hydrogen) atoms. The number of benzene rings is 1. The van der Waals surface area contributed by atoms with E-state index in [0.29, 0.717) is 0 Å². The molecule has 1 aromatic carbocycles. The van der Waals surface area contributed by atoms with Gasteiger partial charge in [-0.2, -0.15) is 0 Å². The zero-order chi connectivity index (χ0) is 9.68. The zero-order valence-corrected chi connectivity index (χ0v) is 10.1. The molecule has 0 N–H and O–H groups in total. The summed E-state index contributed by atoms with van der Waals surface area (Å²) in [7, 11) is 0. The summed E-state index contributed by atoms with van der Waals surface area (Å²) in [4.78, 5) is 0.288. The van der Waals surface area contributed by atoms with E-state index in [1.54, 1.807) is 6.07 Å². The molecule has 0 nitrogen and oxygen atoms in total. The molecule has 1 aromatic rings. The van der Waals surface area contributed by atoms with Crippen molar-refractivity contribution in [3.05, 3.63) is 41.7 Å². The smallest absolute Gasteiger partial charge is 0.123 e. The number of allylic oxidation sites excluding steroid dienone is 1. The molecule has 0 saturated carbocycles. The lowest BCUT2D eigenvalue weighted by Gasteiger charge is -1.97. The highest BCUT2D eigenvalue weighted by Crippen LogP contribution is 2.10. The zero-order valence-electron chi connectivity index (χ0n) is 6.88. The van der Waals surface area contributed by atoms with Gasteiger partial charge in [-0.25, -0.2) is 4.39 Å². The summed E-state index contributed by atoms with van der Waals surface area (Å²) in [6.45, 7) is 0. The maximum atomic E-state index is 12.7. The SMILES string of the molecule is Fc1cccc(C=CC(Br)CBr)c1. The van der Waals surface area contributed by atoms with Crippen LogP contribution in [0.4, 0.5) is 4.39 Å². The summed E-state index contributed by atoms with van der Waals surface area (Å²) in [6.07, 6.45) is 3.87. The van der Waals surface area contributed by atoms with Crippen molar-refractivity contribution in [1.82, 2.24) is 0 Å². The van der Waals surface area contributed by atoms with Crippen LogP contribution in [-0.2, 0) is 0 Å². The first kappa shape index (κ1) is 10.9. The normalized spacial score (nSPS) is 13.5. The molecule has 3 heteroatoms. The van der Waals surface area contributed by atoms with Gasteiger partial charge in [0.15, 0.2) is 0 Å². The van der Waals surface area contributed by atoms with Crippen LogP contribution < -0.4 is 0 Å². The fraction of sp³-hybridized carbons (Fsp3) is 0.200. The summed E-state index contributed by atoms with van der Waals surface area (Å²) in [5.74, 6) is -0.202. The van der Waals surface area contributed by atoms with Gasteiger partial charge in [-0.15, -0.1) is 0 Å². The summed E-state index contributed by atoms with van der Waals surface area (Å²) < 4.78 is 12.7. The van der Waals surface area contributed by atoms with E-state index in [1.807, 2.05) is 18.2 Å². The van der Waals surface area contributed by atoms with Gasteiger partial charge in [-0.3, -0.25) is 0 Å². The molecule has 1 atom stereocenters. The van der Waals surface area contributed by atoms with Crippen LogP contribution in [0.3, 0.4) is 0 Å². The van der Waals surface area contributed by atoms with Crippen LogP contribution in [0.5, 0.6) is 0 Å². The van der Waals surface area contributed by atoms with Gasteiger partial charge in [0.25, 0.3) is 0 Å². The second kappa shape index (κ2) is 5.55. The topological polar surface area (TPSA) is 0 Å². The molecule has 1 unspecified atom stereocenters. The molecule has 0 aromatic heterocycles. The number of alkyl halides is 2. The fourth-order valence-electron chi connectivity index (χ4n) is 0.877. The Morgan fingerprint density at radius 2 is 2.23 bits per heavy atom. The molecule has 70 valence electrons. The Morgan fingerprint density at radius 1 is 1.46 bits per heavy atom. The van der Waals surface area contributed by atoms with Gasteiger partial charge in [0, 0.05) is 10.2 Å². The third-order valence-corrected chi connectivity index (χ3v) is 3.69. The lowest BCUT2D eigenvalue weighted by Crippen LogP contribution is -1.91.